The molecule has 1 aromatic heterocycles. The van der Waals surface area contributed by atoms with Gasteiger partial charge in [0.05, 0.1) is 24.3 Å². The van der Waals surface area contributed by atoms with Crippen molar-refractivity contribution in [1.82, 2.24) is 15.4 Å². The Morgan fingerprint density at radius 1 is 1.11 bits per heavy atom. The first kappa shape index (κ1) is 26.4. The Labute approximate surface area is 208 Å². The van der Waals surface area contributed by atoms with Crippen molar-refractivity contribution >= 4 is 5.91 Å². The quantitative estimate of drug-likeness (QED) is 0.469. The van der Waals surface area contributed by atoms with Gasteiger partial charge in [-0.1, -0.05) is 63.2 Å². The van der Waals surface area contributed by atoms with Crippen LogP contribution in [-0.4, -0.2) is 53.9 Å². The zero-order valence-corrected chi connectivity index (χ0v) is 21.4. The maximum Gasteiger partial charge on any atom is 0.274 e. The topological polar surface area (TPSA) is 87.8 Å². The van der Waals surface area contributed by atoms with Gasteiger partial charge in [-0.15, -0.1) is 0 Å². The Morgan fingerprint density at radius 2 is 1.80 bits per heavy atom. The molecule has 188 valence electrons. The fourth-order valence-corrected chi connectivity index (χ4v) is 4.03. The molecule has 0 spiro atoms. The number of benzene rings is 2. The molecule has 0 aliphatic carbocycles. The molecule has 4 rings (SSSR count). The first-order valence-electron chi connectivity index (χ1n) is 12.5. The van der Waals surface area contributed by atoms with Crippen LogP contribution >= 0.6 is 0 Å². The summed E-state index contributed by atoms with van der Waals surface area (Å²) in [6.07, 6.45) is 0. The van der Waals surface area contributed by atoms with Gasteiger partial charge in [0.15, 0.2) is 11.5 Å². The number of nitrogens with zero attached hydrogens (tertiary/aromatic N) is 2. The standard InChI is InChI=1S/C26H31N3O4.C2H6/c1-4-27-26(31)24-23(19-7-5-18(6-8-19)16-29-11-13-32-14-12-29)25(33-28-24)21-15-20(17(2)3)9-10-22(21)30;1-2/h5-10,15,17,30H,4,11-14,16H2,1-3H3,(H,27,31);1-2H3. The molecular formula is C28H37N3O4. The Morgan fingerprint density at radius 3 is 2.43 bits per heavy atom. The molecule has 35 heavy (non-hydrogen) atoms. The summed E-state index contributed by atoms with van der Waals surface area (Å²) >= 11 is 0. The maximum absolute atomic E-state index is 12.8. The minimum Gasteiger partial charge on any atom is -0.507 e. The summed E-state index contributed by atoms with van der Waals surface area (Å²) in [5.41, 5.74) is 4.37. The van der Waals surface area contributed by atoms with Crippen LogP contribution in [0, 0.1) is 0 Å². The van der Waals surface area contributed by atoms with E-state index in [0.717, 1.165) is 44.0 Å². The van der Waals surface area contributed by atoms with Crippen LogP contribution in [0.4, 0.5) is 0 Å². The maximum atomic E-state index is 12.8. The number of carbonyl (C=O) groups is 1. The predicted octanol–water partition coefficient (Wildman–Crippen LogP) is 5.45. The molecule has 0 atom stereocenters. The van der Waals surface area contributed by atoms with Crippen LogP contribution in [0.25, 0.3) is 22.5 Å². The second-order valence-electron chi connectivity index (χ2n) is 8.61. The highest BCUT2D eigenvalue weighted by molar-refractivity contribution is 6.02. The summed E-state index contributed by atoms with van der Waals surface area (Å²) in [6.45, 7) is 14.7. The number of morpholine rings is 1. The molecule has 1 aliphatic heterocycles. The van der Waals surface area contributed by atoms with Crippen LogP contribution in [0.2, 0.25) is 0 Å². The number of aromatic hydroxyl groups is 1. The van der Waals surface area contributed by atoms with E-state index in [4.69, 9.17) is 9.26 Å². The van der Waals surface area contributed by atoms with Crippen LogP contribution in [0.15, 0.2) is 47.0 Å². The van der Waals surface area contributed by atoms with E-state index in [9.17, 15) is 9.90 Å². The highest BCUT2D eigenvalue weighted by atomic mass is 16.5. The lowest BCUT2D eigenvalue weighted by Gasteiger charge is -2.26. The largest absolute Gasteiger partial charge is 0.507 e. The zero-order chi connectivity index (χ0) is 25.4. The fraction of sp³-hybridized carbons (Fsp3) is 0.429. The molecular weight excluding hydrogens is 442 g/mol. The van der Waals surface area contributed by atoms with Crippen molar-refractivity contribution in [3.05, 3.63) is 59.3 Å². The normalized spacial score (nSPS) is 13.9. The number of ether oxygens (including phenoxy) is 1. The molecule has 7 heteroatoms. The van der Waals surface area contributed by atoms with E-state index in [2.05, 4.69) is 41.4 Å². The van der Waals surface area contributed by atoms with Crippen molar-refractivity contribution in [2.24, 2.45) is 0 Å². The SMILES string of the molecule is CC.CCNC(=O)c1noc(-c2cc(C(C)C)ccc2O)c1-c1ccc(CN2CCOCC2)cc1. The van der Waals surface area contributed by atoms with Crippen LogP contribution in [0.5, 0.6) is 5.75 Å². The van der Waals surface area contributed by atoms with E-state index in [0.29, 0.717) is 23.4 Å². The fourth-order valence-electron chi connectivity index (χ4n) is 4.03. The third-order valence-electron chi connectivity index (χ3n) is 5.93. The van der Waals surface area contributed by atoms with Crippen molar-refractivity contribution < 1.29 is 19.2 Å². The zero-order valence-electron chi connectivity index (χ0n) is 21.4. The summed E-state index contributed by atoms with van der Waals surface area (Å²) in [7, 11) is 0. The van der Waals surface area contributed by atoms with Crippen LogP contribution in [-0.2, 0) is 11.3 Å². The van der Waals surface area contributed by atoms with Crippen molar-refractivity contribution in [1.29, 1.82) is 0 Å². The van der Waals surface area contributed by atoms with E-state index in [1.807, 2.05) is 45.0 Å². The lowest BCUT2D eigenvalue weighted by molar-refractivity contribution is 0.0342. The van der Waals surface area contributed by atoms with Gasteiger partial charge in [-0.05, 0) is 41.7 Å². The number of carbonyl (C=O) groups excluding carboxylic acids is 1. The van der Waals surface area contributed by atoms with Crippen LogP contribution in [0.1, 0.15) is 62.2 Å². The molecule has 0 saturated carbocycles. The van der Waals surface area contributed by atoms with Crippen molar-refractivity contribution in [2.75, 3.05) is 32.8 Å². The van der Waals surface area contributed by atoms with E-state index in [1.165, 1.54) is 5.56 Å². The van der Waals surface area contributed by atoms with Crippen LogP contribution in [0.3, 0.4) is 0 Å². The number of aromatic nitrogens is 1. The summed E-state index contributed by atoms with van der Waals surface area (Å²) in [6, 6.07) is 13.5. The molecule has 2 heterocycles. The van der Waals surface area contributed by atoms with Gasteiger partial charge in [0.1, 0.15) is 5.75 Å². The van der Waals surface area contributed by atoms with E-state index < -0.39 is 0 Å². The van der Waals surface area contributed by atoms with Gasteiger partial charge in [-0.2, -0.15) is 0 Å². The summed E-state index contributed by atoms with van der Waals surface area (Å²) in [5.74, 6) is 0.442. The van der Waals surface area contributed by atoms with Crippen molar-refractivity contribution in [3.8, 4) is 28.2 Å². The van der Waals surface area contributed by atoms with Gasteiger partial charge in [0, 0.05) is 26.2 Å². The molecule has 7 nitrogen and oxygen atoms in total. The summed E-state index contributed by atoms with van der Waals surface area (Å²) in [4.78, 5) is 15.1. The van der Waals surface area contributed by atoms with Gasteiger partial charge in [-0.3, -0.25) is 9.69 Å². The monoisotopic (exact) mass is 479 g/mol. The second-order valence-corrected chi connectivity index (χ2v) is 8.61. The second kappa shape index (κ2) is 12.5. The number of phenolic OH excluding ortho intramolecular Hbond substituents is 1. The highest BCUT2D eigenvalue weighted by Crippen LogP contribution is 2.40. The number of phenols is 1. The number of hydrogen-bond donors (Lipinski definition) is 2. The lowest BCUT2D eigenvalue weighted by atomic mass is 9.94. The van der Waals surface area contributed by atoms with Crippen molar-refractivity contribution in [2.45, 2.75) is 47.1 Å². The minimum absolute atomic E-state index is 0.0863. The molecule has 1 amide bonds. The third kappa shape index (κ3) is 6.29. The van der Waals surface area contributed by atoms with Gasteiger partial charge in [0.2, 0.25) is 0 Å². The molecule has 1 fully saturated rings. The highest BCUT2D eigenvalue weighted by Gasteiger charge is 2.26. The van der Waals surface area contributed by atoms with E-state index in [-0.39, 0.29) is 23.3 Å². The Hall–Kier alpha value is -3.16. The Balaban J connectivity index is 0.00000167. The first-order chi connectivity index (χ1) is 17.0. The first-order valence-corrected chi connectivity index (χ1v) is 12.5. The summed E-state index contributed by atoms with van der Waals surface area (Å²) in [5, 5.41) is 17.5. The van der Waals surface area contributed by atoms with Crippen molar-refractivity contribution in [3.63, 3.8) is 0 Å². The third-order valence-corrected chi connectivity index (χ3v) is 5.93. The van der Waals surface area contributed by atoms with E-state index in [1.54, 1.807) is 6.07 Å². The number of amides is 1. The molecule has 0 bridgehead atoms. The molecule has 0 radical (unpaired) electrons. The Kier molecular flexibility index (Phi) is 9.46. The minimum atomic E-state index is -0.306. The van der Waals surface area contributed by atoms with Gasteiger partial charge < -0.3 is 19.7 Å². The molecule has 3 aromatic rings. The number of rotatable bonds is 7. The van der Waals surface area contributed by atoms with Gasteiger partial charge in [0.25, 0.3) is 5.91 Å². The van der Waals surface area contributed by atoms with Gasteiger partial charge in [-0.25, -0.2) is 0 Å². The lowest BCUT2D eigenvalue weighted by Crippen LogP contribution is -2.35. The molecule has 1 aliphatic rings. The molecule has 0 unspecified atom stereocenters. The summed E-state index contributed by atoms with van der Waals surface area (Å²) < 4.78 is 11.1. The van der Waals surface area contributed by atoms with Gasteiger partial charge >= 0.3 is 0 Å². The van der Waals surface area contributed by atoms with E-state index >= 15 is 0 Å². The molecule has 2 aromatic carbocycles. The average molecular weight is 480 g/mol. The molecule has 2 N–H and O–H groups in total. The number of nitrogens with one attached hydrogen (secondary N) is 1. The van der Waals surface area contributed by atoms with Crippen LogP contribution < -0.4 is 5.32 Å². The Bertz CT molecular complexity index is 1100. The number of hydrogen-bond acceptors (Lipinski definition) is 6. The predicted molar refractivity (Wildman–Crippen MR) is 139 cm³/mol. The smallest absolute Gasteiger partial charge is 0.274 e. The average Bonchev–Trinajstić information content (AvgIpc) is 3.32. The molecule has 1 saturated heterocycles.